The van der Waals surface area contributed by atoms with E-state index in [9.17, 15) is 4.79 Å². The maximum atomic E-state index is 14.6. The van der Waals surface area contributed by atoms with E-state index < -0.39 is 24.8 Å². The molecule has 44 heavy (non-hydrogen) atoms. The average Bonchev–Trinajstić information content (AvgIpc) is 3.01. The summed E-state index contributed by atoms with van der Waals surface area (Å²) in [6.07, 6.45) is 1.69. The van der Waals surface area contributed by atoms with Crippen LogP contribution in [0, 0.1) is 5.92 Å². The van der Waals surface area contributed by atoms with Gasteiger partial charge in [0.1, 0.15) is 10.5 Å². The SMILES string of the molecule is COC1=CC(=O)[C@@]2(Sc3ccccc3)C[C@H](O[Si](C(C)C)(C(C)C)C(C)C)[C@@H](c3ccc(OC)c(OC)c3)[C@@H]1C2(OC)OC. The van der Waals surface area contributed by atoms with Crippen molar-refractivity contribution in [1.82, 2.24) is 0 Å². The van der Waals surface area contributed by atoms with E-state index in [0.717, 1.165) is 10.5 Å². The minimum absolute atomic E-state index is 0.103. The lowest BCUT2D eigenvalue weighted by Crippen LogP contribution is -2.72. The summed E-state index contributed by atoms with van der Waals surface area (Å²) in [6, 6.07) is 16.0. The highest BCUT2D eigenvalue weighted by atomic mass is 32.2. The molecule has 2 aliphatic rings. The van der Waals surface area contributed by atoms with Crippen molar-refractivity contribution in [3.8, 4) is 11.5 Å². The Hall–Kier alpha value is -2.30. The summed E-state index contributed by atoms with van der Waals surface area (Å²) in [6.45, 7) is 13.7. The topological polar surface area (TPSA) is 72.5 Å². The Morgan fingerprint density at radius 2 is 1.39 bits per heavy atom. The number of hydrogen-bond acceptors (Lipinski definition) is 8. The molecule has 1 fully saturated rings. The number of benzene rings is 2. The normalized spacial score (nSPS) is 24.9. The Morgan fingerprint density at radius 1 is 0.795 bits per heavy atom. The molecule has 2 aromatic rings. The molecule has 0 aliphatic heterocycles. The molecule has 4 atom stereocenters. The molecular weight excluding hydrogens is 593 g/mol. The summed E-state index contributed by atoms with van der Waals surface area (Å²) >= 11 is 1.50. The third kappa shape index (κ3) is 5.42. The molecule has 0 N–H and O–H groups in total. The van der Waals surface area contributed by atoms with Crippen LogP contribution in [0.25, 0.3) is 0 Å². The zero-order valence-corrected chi connectivity index (χ0v) is 29.9. The fourth-order valence-corrected chi connectivity index (χ4v) is 15.3. The van der Waals surface area contributed by atoms with Crippen molar-refractivity contribution in [2.75, 3.05) is 35.5 Å². The number of ketones is 1. The lowest BCUT2D eigenvalue weighted by Gasteiger charge is -2.61. The maximum Gasteiger partial charge on any atom is 0.201 e. The number of methoxy groups -OCH3 is 5. The molecule has 0 aromatic heterocycles. The van der Waals surface area contributed by atoms with E-state index in [1.807, 2.05) is 42.5 Å². The zero-order chi connectivity index (χ0) is 32.4. The molecule has 0 spiro atoms. The molecule has 7 nitrogen and oxygen atoms in total. The van der Waals surface area contributed by atoms with Crippen LogP contribution >= 0.6 is 11.8 Å². The Kier molecular flexibility index (Phi) is 10.7. The quantitative estimate of drug-likeness (QED) is 0.161. The Bertz CT molecular complexity index is 1300. The second-order valence-electron chi connectivity index (χ2n) is 12.7. The Labute approximate surface area is 269 Å². The van der Waals surface area contributed by atoms with Gasteiger partial charge in [-0.15, -0.1) is 11.8 Å². The van der Waals surface area contributed by atoms with E-state index >= 15 is 0 Å². The van der Waals surface area contributed by atoms with E-state index in [1.165, 1.54) is 11.8 Å². The van der Waals surface area contributed by atoms with Gasteiger partial charge in [-0.05, 0) is 46.5 Å². The van der Waals surface area contributed by atoms with Crippen molar-refractivity contribution in [3.63, 3.8) is 0 Å². The summed E-state index contributed by atoms with van der Waals surface area (Å²) in [7, 11) is 5.70. The molecule has 0 unspecified atom stereocenters. The van der Waals surface area contributed by atoms with Gasteiger partial charge in [-0.2, -0.15) is 0 Å². The number of rotatable bonds is 13. The third-order valence-electron chi connectivity index (χ3n) is 9.93. The smallest absolute Gasteiger partial charge is 0.201 e. The lowest BCUT2D eigenvalue weighted by molar-refractivity contribution is -0.279. The van der Waals surface area contributed by atoms with E-state index in [0.29, 0.717) is 40.3 Å². The van der Waals surface area contributed by atoms with Crippen molar-refractivity contribution in [2.24, 2.45) is 5.92 Å². The molecule has 4 rings (SSSR count). The van der Waals surface area contributed by atoms with Crippen molar-refractivity contribution < 1.29 is 32.9 Å². The number of fused-ring (bicyclic) bond motifs is 2. The van der Waals surface area contributed by atoms with Gasteiger partial charge < -0.3 is 28.1 Å². The number of hydrogen-bond donors (Lipinski definition) is 0. The van der Waals surface area contributed by atoms with Gasteiger partial charge in [-0.3, -0.25) is 4.79 Å². The van der Waals surface area contributed by atoms with Crippen molar-refractivity contribution in [3.05, 3.63) is 65.9 Å². The molecule has 242 valence electrons. The van der Waals surface area contributed by atoms with E-state index in [2.05, 4.69) is 47.6 Å². The molecule has 0 amide bonds. The van der Waals surface area contributed by atoms with E-state index in [-0.39, 0.29) is 17.8 Å². The van der Waals surface area contributed by atoms with Gasteiger partial charge in [0, 0.05) is 37.5 Å². The van der Waals surface area contributed by atoms with Gasteiger partial charge >= 0.3 is 0 Å². The summed E-state index contributed by atoms with van der Waals surface area (Å²) in [5, 5.41) is 0. The van der Waals surface area contributed by atoms with Gasteiger partial charge in [0.25, 0.3) is 0 Å². The molecule has 9 heteroatoms. The first kappa shape index (κ1) is 34.6. The van der Waals surface area contributed by atoms with Crippen LogP contribution in [-0.4, -0.2) is 66.3 Å². The van der Waals surface area contributed by atoms with Crippen LogP contribution in [0.15, 0.2) is 65.3 Å². The molecule has 0 saturated heterocycles. The molecule has 2 aliphatic carbocycles. The Morgan fingerprint density at radius 3 is 1.89 bits per heavy atom. The molecule has 0 heterocycles. The number of carbonyl (C=O) groups is 1. The summed E-state index contributed by atoms with van der Waals surface area (Å²) < 4.78 is 36.9. The van der Waals surface area contributed by atoms with Crippen LogP contribution in [0.3, 0.4) is 0 Å². The van der Waals surface area contributed by atoms with Crippen molar-refractivity contribution >= 4 is 25.9 Å². The summed E-state index contributed by atoms with van der Waals surface area (Å²) in [5.74, 6) is -0.488. The minimum Gasteiger partial charge on any atom is -0.500 e. The minimum atomic E-state index is -2.44. The highest BCUT2D eigenvalue weighted by Crippen LogP contribution is 2.64. The highest BCUT2D eigenvalue weighted by molar-refractivity contribution is 8.01. The second-order valence-corrected chi connectivity index (χ2v) is 19.5. The van der Waals surface area contributed by atoms with Gasteiger partial charge in [0.05, 0.1) is 33.4 Å². The monoisotopic (exact) mass is 642 g/mol. The van der Waals surface area contributed by atoms with Crippen LogP contribution < -0.4 is 9.47 Å². The standard InChI is InChI=1S/C35H50O7SSi/c1-22(2)44(23(3)4,24(5)6)42-30-21-34(43-26-15-13-12-14-16-26)31(36)20-29(39-9)33(35(34,40-10)41-11)32(30)25-17-18-27(37-7)28(19-25)38-8/h12-20,22-24,30,32-33H,21H2,1-11H3/t30-,32+,33+,34-/m0/s1. The van der Waals surface area contributed by atoms with Gasteiger partial charge in [0.2, 0.25) is 14.1 Å². The summed E-state index contributed by atoms with van der Waals surface area (Å²) in [5.41, 5.74) is 2.01. The number of carbonyl (C=O) groups excluding carboxylic acids is 1. The molecule has 0 radical (unpaired) electrons. The fourth-order valence-electron chi connectivity index (χ4n) is 8.19. The number of ether oxygens (including phenoxy) is 5. The van der Waals surface area contributed by atoms with Crippen LogP contribution in [-0.2, 0) is 23.4 Å². The lowest BCUT2D eigenvalue weighted by atomic mass is 9.60. The maximum absolute atomic E-state index is 14.6. The number of allylic oxidation sites excluding steroid dienone is 1. The first-order valence-corrected chi connectivity index (χ1v) is 18.4. The molecule has 2 bridgehead atoms. The average molecular weight is 643 g/mol. The van der Waals surface area contributed by atoms with E-state index in [4.69, 9.17) is 28.1 Å². The molecule has 1 saturated carbocycles. The van der Waals surface area contributed by atoms with Crippen LogP contribution in [0.5, 0.6) is 11.5 Å². The first-order valence-electron chi connectivity index (χ1n) is 15.5. The first-order chi connectivity index (χ1) is 20.9. The number of thioether (sulfide) groups is 1. The van der Waals surface area contributed by atoms with Crippen LogP contribution in [0.1, 0.15) is 59.4 Å². The predicted octanol–water partition coefficient (Wildman–Crippen LogP) is 8.00. The molecular formula is C35H50O7SSi. The predicted molar refractivity (Wildman–Crippen MR) is 178 cm³/mol. The zero-order valence-electron chi connectivity index (χ0n) is 28.1. The Balaban J connectivity index is 2.07. The molecule has 2 aromatic carbocycles. The largest absolute Gasteiger partial charge is 0.500 e. The van der Waals surface area contributed by atoms with Crippen molar-refractivity contribution in [1.29, 1.82) is 0 Å². The van der Waals surface area contributed by atoms with E-state index in [1.54, 1.807) is 41.6 Å². The van der Waals surface area contributed by atoms with Gasteiger partial charge in [-0.1, -0.05) is 65.8 Å². The van der Waals surface area contributed by atoms with Gasteiger partial charge in [-0.25, -0.2) is 0 Å². The second kappa shape index (κ2) is 13.6. The van der Waals surface area contributed by atoms with Crippen LogP contribution in [0.2, 0.25) is 16.6 Å². The van der Waals surface area contributed by atoms with Gasteiger partial charge in [0.15, 0.2) is 17.3 Å². The highest BCUT2D eigenvalue weighted by Gasteiger charge is 2.72. The van der Waals surface area contributed by atoms with Crippen molar-refractivity contribution in [2.45, 2.75) is 92.0 Å². The van der Waals surface area contributed by atoms with Crippen LogP contribution in [0.4, 0.5) is 0 Å². The fraction of sp³-hybridized carbons (Fsp3) is 0.571. The summed E-state index contributed by atoms with van der Waals surface area (Å²) in [4.78, 5) is 15.5. The third-order valence-corrected chi connectivity index (χ3v) is 17.6.